The zero-order chi connectivity index (χ0) is 17.1. The van der Waals surface area contributed by atoms with Crippen molar-refractivity contribution in [1.82, 2.24) is 0 Å². The van der Waals surface area contributed by atoms with Gasteiger partial charge in [-0.05, 0) is 48.7 Å². The lowest BCUT2D eigenvalue weighted by Crippen LogP contribution is -2.13. The number of aryl methyl sites for hydroxylation is 2. The molecular weight excluding hydrogens is 305 g/mol. The largest absolute Gasteiger partial charge is 0.451 e. The molecule has 24 heavy (non-hydrogen) atoms. The van der Waals surface area contributed by atoms with Crippen LogP contribution in [0.1, 0.15) is 28.6 Å². The van der Waals surface area contributed by atoms with E-state index in [-0.39, 0.29) is 17.5 Å². The predicted octanol–water partition coefficient (Wildman–Crippen LogP) is 5.21. The molecule has 0 bridgehead atoms. The summed E-state index contributed by atoms with van der Waals surface area (Å²) >= 11 is 0. The lowest BCUT2D eigenvalue weighted by atomic mass is 10.1. The van der Waals surface area contributed by atoms with Gasteiger partial charge in [-0.2, -0.15) is 0 Å². The quantitative estimate of drug-likeness (QED) is 0.716. The van der Waals surface area contributed by atoms with Crippen molar-refractivity contribution in [3.8, 4) is 11.3 Å². The van der Waals surface area contributed by atoms with Crippen molar-refractivity contribution < 1.29 is 13.6 Å². The molecule has 1 N–H and O–H groups in total. The summed E-state index contributed by atoms with van der Waals surface area (Å²) in [5.41, 5.74) is 3.18. The van der Waals surface area contributed by atoms with Crippen molar-refractivity contribution in [3.63, 3.8) is 0 Å². The van der Waals surface area contributed by atoms with E-state index < -0.39 is 0 Å². The normalized spacial score (nSPS) is 10.6. The number of halogens is 1. The van der Waals surface area contributed by atoms with Crippen LogP contribution in [0.3, 0.4) is 0 Å². The Labute approximate surface area is 140 Å². The third-order valence-corrected chi connectivity index (χ3v) is 3.95. The minimum absolute atomic E-state index is 0.151. The van der Waals surface area contributed by atoms with Crippen LogP contribution in [0.25, 0.3) is 11.3 Å². The molecule has 1 aromatic heterocycles. The number of nitrogens with one attached hydrogen (secondary N) is 1. The first-order chi connectivity index (χ1) is 11.6. The second kappa shape index (κ2) is 6.71. The van der Waals surface area contributed by atoms with Crippen molar-refractivity contribution in [2.24, 2.45) is 0 Å². The first kappa shape index (κ1) is 16.0. The van der Waals surface area contributed by atoms with Crippen molar-refractivity contribution in [2.45, 2.75) is 20.3 Å². The maximum absolute atomic E-state index is 13.8. The monoisotopic (exact) mass is 323 g/mol. The van der Waals surface area contributed by atoms with Gasteiger partial charge in [0.15, 0.2) is 5.76 Å². The molecule has 0 saturated heterocycles. The molecule has 4 heteroatoms. The van der Waals surface area contributed by atoms with Crippen LogP contribution in [0.4, 0.5) is 10.1 Å². The topological polar surface area (TPSA) is 42.2 Å². The van der Waals surface area contributed by atoms with Crippen molar-refractivity contribution >= 4 is 11.6 Å². The van der Waals surface area contributed by atoms with Gasteiger partial charge in [-0.1, -0.05) is 37.3 Å². The molecule has 3 nitrogen and oxygen atoms in total. The van der Waals surface area contributed by atoms with Crippen LogP contribution in [0.2, 0.25) is 0 Å². The molecule has 0 aliphatic heterocycles. The molecule has 122 valence electrons. The van der Waals surface area contributed by atoms with Crippen molar-refractivity contribution in [1.29, 1.82) is 0 Å². The van der Waals surface area contributed by atoms with Crippen molar-refractivity contribution in [3.05, 3.63) is 77.3 Å². The maximum Gasteiger partial charge on any atom is 0.291 e. The Bertz CT molecular complexity index is 883. The maximum atomic E-state index is 13.8. The van der Waals surface area contributed by atoms with E-state index in [9.17, 15) is 9.18 Å². The number of rotatable bonds is 4. The molecule has 3 rings (SSSR count). The third kappa shape index (κ3) is 3.08. The number of anilines is 1. The van der Waals surface area contributed by atoms with Crippen LogP contribution >= 0.6 is 0 Å². The van der Waals surface area contributed by atoms with Gasteiger partial charge >= 0.3 is 0 Å². The summed E-state index contributed by atoms with van der Waals surface area (Å²) < 4.78 is 19.4. The molecule has 0 aliphatic rings. The molecule has 1 amide bonds. The van der Waals surface area contributed by atoms with Gasteiger partial charge in [-0.15, -0.1) is 0 Å². The van der Waals surface area contributed by atoms with E-state index in [4.69, 9.17) is 4.42 Å². The summed E-state index contributed by atoms with van der Waals surface area (Å²) in [7, 11) is 0. The fourth-order valence-corrected chi connectivity index (χ4v) is 2.64. The van der Waals surface area contributed by atoms with E-state index in [1.807, 2.05) is 32.0 Å². The van der Waals surface area contributed by atoms with Crippen LogP contribution in [-0.4, -0.2) is 5.91 Å². The highest BCUT2D eigenvalue weighted by Gasteiger charge is 2.16. The smallest absolute Gasteiger partial charge is 0.291 e. The van der Waals surface area contributed by atoms with Gasteiger partial charge in [0, 0.05) is 5.69 Å². The van der Waals surface area contributed by atoms with E-state index in [0.29, 0.717) is 11.3 Å². The molecule has 0 unspecified atom stereocenters. The highest BCUT2D eigenvalue weighted by Crippen LogP contribution is 2.26. The Morgan fingerprint density at radius 1 is 1.08 bits per heavy atom. The van der Waals surface area contributed by atoms with Crippen LogP contribution in [0.5, 0.6) is 0 Å². The summed E-state index contributed by atoms with van der Waals surface area (Å²) in [5, 5.41) is 2.90. The summed E-state index contributed by atoms with van der Waals surface area (Å²) in [6, 6.07) is 15.4. The molecule has 2 aromatic carbocycles. The summed E-state index contributed by atoms with van der Waals surface area (Å²) in [4.78, 5) is 12.5. The average molecular weight is 323 g/mol. The van der Waals surface area contributed by atoms with Crippen LogP contribution in [0.15, 0.2) is 59.0 Å². The molecular formula is C20H18FNO2. The highest BCUT2D eigenvalue weighted by atomic mass is 19.1. The Morgan fingerprint density at radius 2 is 1.88 bits per heavy atom. The Kier molecular flexibility index (Phi) is 4.47. The third-order valence-electron chi connectivity index (χ3n) is 3.95. The number of hydrogen-bond acceptors (Lipinski definition) is 2. The average Bonchev–Trinajstić information content (AvgIpc) is 3.07. The predicted molar refractivity (Wildman–Crippen MR) is 92.6 cm³/mol. The van der Waals surface area contributed by atoms with Crippen molar-refractivity contribution in [2.75, 3.05) is 5.32 Å². The minimum Gasteiger partial charge on any atom is -0.451 e. The van der Waals surface area contributed by atoms with Gasteiger partial charge in [0.2, 0.25) is 0 Å². The minimum atomic E-state index is -0.383. The van der Waals surface area contributed by atoms with Gasteiger partial charge in [0.25, 0.3) is 5.91 Å². The second-order valence-electron chi connectivity index (χ2n) is 5.56. The second-order valence-corrected chi connectivity index (χ2v) is 5.56. The first-order valence-electron chi connectivity index (χ1n) is 7.84. The van der Waals surface area contributed by atoms with Gasteiger partial charge in [-0.3, -0.25) is 4.79 Å². The number of carbonyl (C=O) groups excluding carboxylic acids is 1. The van der Waals surface area contributed by atoms with E-state index in [1.54, 1.807) is 30.3 Å². The number of para-hydroxylation sites is 1. The number of hydrogen-bond donors (Lipinski definition) is 1. The Morgan fingerprint density at radius 3 is 2.62 bits per heavy atom. The van der Waals surface area contributed by atoms with E-state index >= 15 is 0 Å². The molecule has 0 saturated carbocycles. The van der Waals surface area contributed by atoms with Crippen LogP contribution in [0, 0.1) is 12.7 Å². The van der Waals surface area contributed by atoms with E-state index in [2.05, 4.69) is 5.32 Å². The molecule has 0 fully saturated rings. The number of furan rings is 1. The van der Waals surface area contributed by atoms with Gasteiger partial charge < -0.3 is 9.73 Å². The van der Waals surface area contributed by atoms with Gasteiger partial charge in [0.05, 0.1) is 5.56 Å². The fraction of sp³-hybridized carbons (Fsp3) is 0.150. The van der Waals surface area contributed by atoms with Gasteiger partial charge in [0.1, 0.15) is 11.6 Å². The van der Waals surface area contributed by atoms with Gasteiger partial charge in [-0.25, -0.2) is 4.39 Å². The molecule has 3 aromatic rings. The number of carbonyl (C=O) groups is 1. The zero-order valence-electron chi connectivity index (χ0n) is 13.6. The van der Waals surface area contributed by atoms with Crippen LogP contribution < -0.4 is 5.32 Å². The number of benzene rings is 2. The zero-order valence-corrected chi connectivity index (χ0v) is 13.6. The summed E-state index contributed by atoms with van der Waals surface area (Å²) in [5.74, 6) is -0.245. The number of amides is 1. The lowest BCUT2D eigenvalue weighted by Gasteiger charge is -2.11. The molecule has 0 radical (unpaired) electrons. The Hall–Kier alpha value is -2.88. The molecule has 0 atom stereocenters. The van der Waals surface area contributed by atoms with E-state index in [1.165, 1.54) is 6.07 Å². The Balaban J connectivity index is 1.86. The SMILES string of the molecule is CCc1cccc(C)c1NC(=O)c1ccc(-c2ccccc2F)o1. The first-order valence-corrected chi connectivity index (χ1v) is 7.84. The highest BCUT2D eigenvalue weighted by molar-refractivity contribution is 6.03. The van der Waals surface area contributed by atoms with E-state index in [0.717, 1.165) is 23.2 Å². The molecule has 0 aliphatic carbocycles. The molecule has 1 heterocycles. The summed E-state index contributed by atoms with van der Waals surface area (Å²) in [6.45, 7) is 3.98. The lowest BCUT2D eigenvalue weighted by molar-refractivity contribution is 0.0997. The van der Waals surface area contributed by atoms with Crippen LogP contribution in [-0.2, 0) is 6.42 Å². The fourth-order valence-electron chi connectivity index (χ4n) is 2.64. The molecule has 0 spiro atoms. The summed E-state index contributed by atoms with van der Waals surface area (Å²) in [6.07, 6.45) is 0.815. The standard InChI is InChI=1S/C20H18FNO2/c1-3-14-8-6-7-13(2)19(14)22-20(23)18-12-11-17(24-18)15-9-4-5-10-16(15)21/h4-12H,3H2,1-2H3,(H,22,23).